The van der Waals surface area contributed by atoms with Gasteiger partial charge < -0.3 is 10.0 Å². The van der Waals surface area contributed by atoms with E-state index in [-0.39, 0.29) is 11.9 Å². The van der Waals surface area contributed by atoms with Crippen molar-refractivity contribution in [1.29, 1.82) is 0 Å². The number of aliphatic hydroxyl groups is 1. The number of carbonyl (C=O) groups excluding carboxylic acids is 1. The number of amides is 1. The van der Waals surface area contributed by atoms with Crippen LogP contribution in [-0.2, 0) is 11.2 Å². The van der Waals surface area contributed by atoms with Crippen LogP contribution in [0.4, 0.5) is 0 Å². The van der Waals surface area contributed by atoms with Crippen molar-refractivity contribution in [3.8, 4) is 0 Å². The number of hydrogen-bond donors (Lipinski definition) is 1. The van der Waals surface area contributed by atoms with Crippen LogP contribution in [0.5, 0.6) is 0 Å². The molecule has 1 amide bonds. The van der Waals surface area contributed by atoms with E-state index >= 15 is 0 Å². The van der Waals surface area contributed by atoms with E-state index in [0.717, 1.165) is 29.4 Å². The van der Waals surface area contributed by atoms with Crippen LogP contribution in [0.15, 0.2) is 28.7 Å². The fourth-order valence-corrected chi connectivity index (χ4v) is 3.13. The fourth-order valence-electron chi connectivity index (χ4n) is 2.71. The summed E-state index contributed by atoms with van der Waals surface area (Å²) in [4.78, 5) is 14.3. The molecule has 1 N–H and O–H groups in total. The predicted octanol–water partition coefficient (Wildman–Crippen LogP) is 2.75. The molecule has 1 heterocycles. The molecule has 0 aliphatic carbocycles. The van der Waals surface area contributed by atoms with Crippen LogP contribution in [-0.4, -0.2) is 34.1 Å². The van der Waals surface area contributed by atoms with E-state index in [2.05, 4.69) is 15.9 Å². The van der Waals surface area contributed by atoms with E-state index < -0.39 is 5.60 Å². The summed E-state index contributed by atoms with van der Waals surface area (Å²) in [6, 6.07) is 7.71. The summed E-state index contributed by atoms with van der Waals surface area (Å²) in [5, 5.41) is 10.2. The van der Waals surface area contributed by atoms with Gasteiger partial charge in [0, 0.05) is 11.0 Å². The zero-order valence-corrected chi connectivity index (χ0v) is 13.0. The Morgan fingerprint density at radius 2 is 2.16 bits per heavy atom. The molecule has 19 heavy (non-hydrogen) atoms. The molecule has 4 heteroatoms. The van der Waals surface area contributed by atoms with Crippen LogP contribution in [0.3, 0.4) is 0 Å². The van der Waals surface area contributed by atoms with Crippen molar-refractivity contribution >= 4 is 21.8 Å². The van der Waals surface area contributed by atoms with Crippen LogP contribution < -0.4 is 0 Å². The van der Waals surface area contributed by atoms with Crippen molar-refractivity contribution < 1.29 is 9.90 Å². The maximum atomic E-state index is 12.4. The summed E-state index contributed by atoms with van der Waals surface area (Å²) in [5.74, 6) is 0.0940. The lowest BCUT2D eigenvalue weighted by molar-refractivity contribution is -0.135. The topological polar surface area (TPSA) is 40.5 Å². The van der Waals surface area contributed by atoms with Gasteiger partial charge in [-0.05, 0) is 38.3 Å². The van der Waals surface area contributed by atoms with Crippen molar-refractivity contribution in [3.63, 3.8) is 0 Å². The summed E-state index contributed by atoms with van der Waals surface area (Å²) in [7, 11) is 0. The smallest absolute Gasteiger partial charge is 0.227 e. The van der Waals surface area contributed by atoms with Gasteiger partial charge in [-0.3, -0.25) is 4.79 Å². The minimum absolute atomic E-state index is 0.0671. The zero-order valence-electron chi connectivity index (χ0n) is 11.4. The van der Waals surface area contributed by atoms with Gasteiger partial charge in [-0.2, -0.15) is 0 Å². The van der Waals surface area contributed by atoms with Crippen molar-refractivity contribution in [2.45, 2.75) is 44.8 Å². The van der Waals surface area contributed by atoms with Crippen LogP contribution in [0.25, 0.3) is 0 Å². The molecule has 1 fully saturated rings. The first-order valence-corrected chi connectivity index (χ1v) is 7.44. The highest BCUT2D eigenvalue weighted by Crippen LogP contribution is 2.28. The third-order valence-corrected chi connectivity index (χ3v) is 4.46. The van der Waals surface area contributed by atoms with Gasteiger partial charge in [0.15, 0.2) is 0 Å². The molecule has 104 valence electrons. The number of likely N-dealkylation sites (tertiary alicyclic amines) is 1. The van der Waals surface area contributed by atoms with Crippen LogP contribution in [0.1, 0.15) is 32.3 Å². The normalized spacial score (nSPS) is 19.8. The molecule has 0 bridgehead atoms. The van der Waals surface area contributed by atoms with Gasteiger partial charge >= 0.3 is 0 Å². The summed E-state index contributed by atoms with van der Waals surface area (Å²) >= 11 is 3.47. The molecule has 1 aliphatic heterocycles. The molecule has 1 atom stereocenters. The molecule has 1 saturated heterocycles. The predicted molar refractivity (Wildman–Crippen MR) is 78.9 cm³/mol. The Hall–Kier alpha value is -0.870. The zero-order chi connectivity index (χ0) is 14.0. The minimum Gasteiger partial charge on any atom is -0.388 e. The average molecular weight is 326 g/mol. The Labute approximate surface area is 122 Å². The molecule has 0 aromatic heterocycles. The highest BCUT2D eigenvalue weighted by atomic mass is 79.9. The molecule has 3 nitrogen and oxygen atoms in total. The van der Waals surface area contributed by atoms with Gasteiger partial charge in [-0.25, -0.2) is 0 Å². The number of carbonyl (C=O) groups is 1. The summed E-state index contributed by atoms with van der Waals surface area (Å²) < 4.78 is 0.961. The molecular formula is C15H20BrNO2. The summed E-state index contributed by atoms with van der Waals surface area (Å²) in [6.07, 6.45) is 2.23. The molecule has 0 spiro atoms. The molecule has 1 aliphatic rings. The van der Waals surface area contributed by atoms with E-state index in [1.165, 1.54) is 0 Å². The Morgan fingerprint density at radius 1 is 1.47 bits per heavy atom. The van der Waals surface area contributed by atoms with Gasteiger partial charge in [-0.15, -0.1) is 0 Å². The molecule has 1 unspecified atom stereocenters. The fraction of sp³-hybridized carbons (Fsp3) is 0.533. The van der Waals surface area contributed by atoms with E-state index in [1.807, 2.05) is 29.2 Å². The average Bonchev–Trinajstić information content (AvgIpc) is 2.81. The molecule has 0 radical (unpaired) electrons. The highest BCUT2D eigenvalue weighted by Gasteiger charge is 2.38. The summed E-state index contributed by atoms with van der Waals surface area (Å²) in [5.41, 5.74) is 0.161. The maximum absolute atomic E-state index is 12.4. The van der Waals surface area contributed by atoms with Crippen LogP contribution in [0.2, 0.25) is 0 Å². The van der Waals surface area contributed by atoms with Crippen molar-refractivity contribution in [2.24, 2.45) is 0 Å². The van der Waals surface area contributed by atoms with Crippen molar-refractivity contribution in [3.05, 3.63) is 34.3 Å². The molecule has 0 saturated carbocycles. The number of hydrogen-bond acceptors (Lipinski definition) is 2. The first kappa shape index (κ1) is 14.5. The van der Waals surface area contributed by atoms with Gasteiger partial charge in [0.1, 0.15) is 0 Å². The minimum atomic E-state index is -0.833. The third-order valence-electron chi connectivity index (χ3n) is 3.69. The second kappa shape index (κ2) is 5.63. The molecule has 1 aromatic rings. The molecule has 2 rings (SSSR count). The van der Waals surface area contributed by atoms with Gasteiger partial charge in [-0.1, -0.05) is 34.1 Å². The van der Waals surface area contributed by atoms with Gasteiger partial charge in [0.05, 0.1) is 18.1 Å². The van der Waals surface area contributed by atoms with Crippen LogP contribution >= 0.6 is 15.9 Å². The SMILES string of the molecule is CC(C)(O)C1CCCN1C(=O)Cc1ccccc1Br. The van der Waals surface area contributed by atoms with Gasteiger partial charge in [0.25, 0.3) is 0 Å². The lowest BCUT2D eigenvalue weighted by atomic mass is 9.96. The Balaban J connectivity index is 2.10. The Morgan fingerprint density at radius 3 is 2.79 bits per heavy atom. The first-order valence-electron chi connectivity index (χ1n) is 6.65. The number of halogens is 1. The Kier molecular flexibility index (Phi) is 4.31. The van der Waals surface area contributed by atoms with Crippen molar-refractivity contribution in [1.82, 2.24) is 4.90 Å². The number of benzene rings is 1. The maximum Gasteiger partial charge on any atom is 0.227 e. The Bertz CT molecular complexity index is 467. The lowest BCUT2D eigenvalue weighted by Crippen LogP contribution is -2.48. The van der Waals surface area contributed by atoms with E-state index in [4.69, 9.17) is 0 Å². The highest BCUT2D eigenvalue weighted by molar-refractivity contribution is 9.10. The second-order valence-electron chi connectivity index (χ2n) is 5.67. The lowest BCUT2D eigenvalue weighted by Gasteiger charge is -2.34. The standard InChI is InChI=1S/C15H20BrNO2/c1-15(2,19)13-8-5-9-17(13)14(18)10-11-6-3-4-7-12(11)16/h3-4,6-7,13,19H,5,8-10H2,1-2H3. The van der Waals surface area contributed by atoms with E-state index in [0.29, 0.717) is 6.42 Å². The molecule has 1 aromatic carbocycles. The first-order chi connectivity index (χ1) is 8.89. The molecular weight excluding hydrogens is 306 g/mol. The quantitative estimate of drug-likeness (QED) is 0.928. The van der Waals surface area contributed by atoms with Crippen LogP contribution in [0, 0.1) is 0 Å². The monoisotopic (exact) mass is 325 g/mol. The van der Waals surface area contributed by atoms with Crippen molar-refractivity contribution in [2.75, 3.05) is 6.54 Å². The second-order valence-corrected chi connectivity index (χ2v) is 6.52. The van der Waals surface area contributed by atoms with Gasteiger partial charge in [0.2, 0.25) is 5.91 Å². The van der Waals surface area contributed by atoms with E-state index in [1.54, 1.807) is 13.8 Å². The summed E-state index contributed by atoms with van der Waals surface area (Å²) in [6.45, 7) is 4.31. The number of nitrogens with zero attached hydrogens (tertiary/aromatic N) is 1. The van der Waals surface area contributed by atoms with E-state index in [9.17, 15) is 9.90 Å². The number of rotatable bonds is 3. The third kappa shape index (κ3) is 3.37. The largest absolute Gasteiger partial charge is 0.388 e.